The SMILES string of the molecule is C=C(N)CSC(=N)N. The summed E-state index contributed by atoms with van der Waals surface area (Å²) in [7, 11) is 0. The van der Waals surface area contributed by atoms with Gasteiger partial charge in [-0.3, -0.25) is 5.41 Å². The fraction of sp³-hybridized carbons (Fsp3) is 0.250. The Balaban J connectivity index is 3.18. The Morgan fingerprint density at radius 2 is 2.12 bits per heavy atom. The summed E-state index contributed by atoms with van der Waals surface area (Å²) in [6.07, 6.45) is 0. The minimum absolute atomic E-state index is 0.0802. The van der Waals surface area contributed by atoms with Crippen LogP contribution in [0.3, 0.4) is 0 Å². The highest BCUT2D eigenvalue weighted by molar-refractivity contribution is 8.13. The molecule has 0 aliphatic rings. The van der Waals surface area contributed by atoms with Crippen molar-refractivity contribution in [1.29, 1.82) is 5.41 Å². The first-order valence-electron chi connectivity index (χ1n) is 2.03. The second-order valence-corrected chi connectivity index (χ2v) is 2.33. The van der Waals surface area contributed by atoms with Crippen LogP contribution in [-0.4, -0.2) is 10.9 Å². The van der Waals surface area contributed by atoms with Crippen LogP contribution in [0.1, 0.15) is 0 Å². The molecule has 0 saturated carbocycles. The van der Waals surface area contributed by atoms with E-state index in [4.69, 9.17) is 16.9 Å². The number of nitrogens with two attached hydrogens (primary N) is 2. The fourth-order valence-corrected chi connectivity index (χ4v) is 0.511. The predicted octanol–water partition coefficient (Wildman–Crippen LogP) is 0.0855. The van der Waals surface area contributed by atoms with Gasteiger partial charge < -0.3 is 11.5 Å². The van der Waals surface area contributed by atoms with E-state index < -0.39 is 0 Å². The van der Waals surface area contributed by atoms with Crippen molar-refractivity contribution < 1.29 is 0 Å². The lowest BCUT2D eigenvalue weighted by Crippen LogP contribution is -2.07. The lowest BCUT2D eigenvalue weighted by atomic mass is 10.6. The molecule has 0 aliphatic heterocycles. The molecule has 3 nitrogen and oxygen atoms in total. The third kappa shape index (κ3) is 5.36. The van der Waals surface area contributed by atoms with E-state index in [2.05, 4.69) is 6.58 Å². The fourth-order valence-electron chi connectivity index (χ4n) is 0.170. The monoisotopic (exact) mass is 131 g/mol. The van der Waals surface area contributed by atoms with Crippen LogP contribution in [0.25, 0.3) is 0 Å². The predicted molar refractivity (Wildman–Crippen MR) is 37.7 cm³/mol. The van der Waals surface area contributed by atoms with Crippen molar-refractivity contribution in [3.8, 4) is 0 Å². The van der Waals surface area contributed by atoms with Crippen molar-refractivity contribution in [2.45, 2.75) is 0 Å². The van der Waals surface area contributed by atoms with Gasteiger partial charge in [-0.1, -0.05) is 18.3 Å². The molecule has 0 heterocycles. The van der Waals surface area contributed by atoms with Crippen LogP contribution >= 0.6 is 11.8 Å². The Morgan fingerprint density at radius 1 is 1.62 bits per heavy atom. The van der Waals surface area contributed by atoms with Gasteiger partial charge in [0.05, 0.1) is 0 Å². The first-order valence-corrected chi connectivity index (χ1v) is 3.01. The molecule has 0 rings (SSSR count). The second-order valence-electron chi connectivity index (χ2n) is 1.31. The minimum Gasteiger partial charge on any atom is -0.402 e. The van der Waals surface area contributed by atoms with Crippen LogP contribution in [0, 0.1) is 5.41 Å². The summed E-state index contributed by atoms with van der Waals surface area (Å²) in [6, 6.07) is 0. The normalized spacial score (nSPS) is 8.50. The van der Waals surface area contributed by atoms with E-state index in [-0.39, 0.29) is 5.17 Å². The van der Waals surface area contributed by atoms with Crippen molar-refractivity contribution in [2.75, 3.05) is 5.75 Å². The molecule has 0 fully saturated rings. The number of rotatable bonds is 2. The molecule has 0 aromatic heterocycles. The first kappa shape index (κ1) is 7.36. The Hall–Kier alpha value is -0.640. The van der Waals surface area contributed by atoms with Crippen LogP contribution < -0.4 is 11.5 Å². The Bertz CT molecular complexity index is 95.9. The van der Waals surface area contributed by atoms with Crippen molar-refractivity contribution in [3.63, 3.8) is 0 Å². The Morgan fingerprint density at radius 3 is 2.25 bits per heavy atom. The molecule has 0 atom stereocenters. The summed E-state index contributed by atoms with van der Waals surface area (Å²) in [5, 5.41) is 6.81. The quantitative estimate of drug-likeness (QED) is 0.367. The maximum atomic E-state index is 6.73. The molecular formula is C4H9N3S. The molecule has 5 N–H and O–H groups in total. The zero-order valence-electron chi connectivity index (χ0n) is 4.48. The maximum Gasteiger partial charge on any atom is 0.151 e. The number of nitrogens with one attached hydrogen (secondary N) is 1. The summed E-state index contributed by atoms with van der Waals surface area (Å²) in [5.41, 5.74) is 10.7. The molecule has 0 aromatic carbocycles. The van der Waals surface area contributed by atoms with Crippen LogP contribution in [0.15, 0.2) is 12.3 Å². The van der Waals surface area contributed by atoms with Gasteiger partial charge in [-0.2, -0.15) is 0 Å². The lowest BCUT2D eigenvalue weighted by molar-refractivity contribution is 1.36. The number of hydrogen-bond donors (Lipinski definition) is 3. The largest absolute Gasteiger partial charge is 0.402 e. The van der Waals surface area contributed by atoms with Gasteiger partial charge in [-0.15, -0.1) is 0 Å². The molecule has 0 amide bonds. The number of amidine groups is 1. The lowest BCUT2D eigenvalue weighted by Gasteiger charge is -1.94. The van der Waals surface area contributed by atoms with Gasteiger partial charge in [0.1, 0.15) is 0 Å². The summed E-state index contributed by atoms with van der Waals surface area (Å²) >= 11 is 1.18. The van der Waals surface area contributed by atoms with Crippen LogP contribution in [-0.2, 0) is 0 Å². The van der Waals surface area contributed by atoms with E-state index in [0.29, 0.717) is 11.4 Å². The smallest absolute Gasteiger partial charge is 0.151 e. The molecule has 0 saturated heterocycles. The summed E-state index contributed by atoms with van der Waals surface area (Å²) in [6.45, 7) is 3.43. The van der Waals surface area contributed by atoms with E-state index in [9.17, 15) is 0 Å². The van der Waals surface area contributed by atoms with Crippen LogP contribution in [0.4, 0.5) is 0 Å². The third-order valence-electron chi connectivity index (χ3n) is 0.413. The van der Waals surface area contributed by atoms with Crippen molar-refractivity contribution in [3.05, 3.63) is 12.3 Å². The summed E-state index contributed by atoms with van der Waals surface area (Å²) in [5.74, 6) is 0.537. The third-order valence-corrected chi connectivity index (χ3v) is 1.24. The number of thioether (sulfide) groups is 1. The molecule has 0 radical (unpaired) electrons. The maximum absolute atomic E-state index is 6.73. The van der Waals surface area contributed by atoms with E-state index in [0.717, 1.165) is 0 Å². The molecule has 0 spiro atoms. The Kier molecular flexibility index (Phi) is 3.10. The van der Waals surface area contributed by atoms with Gasteiger partial charge in [-0.25, -0.2) is 0 Å². The van der Waals surface area contributed by atoms with E-state index in [1.807, 2.05) is 0 Å². The molecule has 0 unspecified atom stereocenters. The molecule has 0 aromatic rings. The van der Waals surface area contributed by atoms with Gasteiger partial charge in [0.2, 0.25) is 0 Å². The van der Waals surface area contributed by atoms with Crippen LogP contribution in [0.2, 0.25) is 0 Å². The molecule has 46 valence electrons. The van der Waals surface area contributed by atoms with E-state index in [1.165, 1.54) is 11.8 Å². The molecular weight excluding hydrogens is 122 g/mol. The topological polar surface area (TPSA) is 75.9 Å². The van der Waals surface area contributed by atoms with Gasteiger partial charge in [0.15, 0.2) is 5.17 Å². The van der Waals surface area contributed by atoms with Crippen molar-refractivity contribution in [2.24, 2.45) is 11.5 Å². The minimum atomic E-state index is 0.0802. The zero-order chi connectivity index (χ0) is 6.57. The zero-order valence-corrected chi connectivity index (χ0v) is 5.29. The summed E-state index contributed by atoms with van der Waals surface area (Å²) < 4.78 is 0. The van der Waals surface area contributed by atoms with Crippen molar-refractivity contribution in [1.82, 2.24) is 0 Å². The second kappa shape index (κ2) is 3.37. The van der Waals surface area contributed by atoms with Gasteiger partial charge >= 0.3 is 0 Å². The van der Waals surface area contributed by atoms with Gasteiger partial charge in [-0.05, 0) is 0 Å². The van der Waals surface area contributed by atoms with Gasteiger partial charge in [0, 0.05) is 11.4 Å². The van der Waals surface area contributed by atoms with Gasteiger partial charge in [0.25, 0.3) is 0 Å². The molecule has 0 aliphatic carbocycles. The first-order chi connectivity index (χ1) is 3.63. The van der Waals surface area contributed by atoms with Crippen LogP contribution in [0.5, 0.6) is 0 Å². The summed E-state index contributed by atoms with van der Waals surface area (Å²) in [4.78, 5) is 0. The highest BCUT2D eigenvalue weighted by Crippen LogP contribution is 1.98. The highest BCUT2D eigenvalue weighted by atomic mass is 32.2. The highest BCUT2D eigenvalue weighted by Gasteiger charge is 1.88. The molecule has 8 heavy (non-hydrogen) atoms. The molecule has 0 bridgehead atoms. The van der Waals surface area contributed by atoms with Crippen molar-refractivity contribution >= 4 is 16.9 Å². The van der Waals surface area contributed by atoms with E-state index >= 15 is 0 Å². The van der Waals surface area contributed by atoms with E-state index in [1.54, 1.807) is 0 Å². The average molecular weight is 131 g/mol. The average Bonchev–Trinajstić information content (AvgIpc) is 1.61. The standard InChI is InChI=1S/C4H9N3S/c1-3(5)2-8-4(6)7/h1-2,5H2,(H3,6,7). The Labute approximate surface area is 52.6 Å². The molecule has 4 heteroatoms. The number of hydrogen-bond acceptors (Lipinski definition) is 3.